The summed E-state index contributed by atoms with van der Waals surface area (Å²) in [6.45, 7) is 2.05. The lowest BCUT2D eigenvalue weighted by atomic mass is 10.2. The van der Waals surface area contributed by atoms with E-state index in [9.17, 15) is 8.42 Å². The van der Waals surface area contributed by atoms with Gasteiger partial charge in [-0.2, -0.15) is 0 Å². The lowest BCUT2D eigenvalue weighted by Gasteiger charge is -2.34. The van der Waals surface area contributed by atoms with Crippen molar-refractivity contribution in [3.8, 4) is 5.75 Å². The molecule has 1 unspecified atom stereocenters. The van der Waals surface area contributed by atoms with E-state index < -0.39 is 10.0 Å². The van der Waals surface area contributed by atoms with Crippen LogP contribution in [0.2, 0.25) is 5.02 Å². The van der Waals surface area contributed by atoms with E-state index in [2.05, 4.69) is 4.98 Å². The van der Waals surface area contributed by atoms with Crippen LogP contribution >= 0.6 is 11.6 Å². The number of halogens is 1. The first kappa shape index (κ1) is 14.2. The number of ether oxygens (including phenoxy) is 1. The zero-order valence-corrected chi connectivity index (χ0v) is 12.8. The van der Waals surface area contributed by atoms with Crippen molar-refractivity contribution < 1.29 is 13.2 Å². The molecule has 0 fully saturated rings. The van der Waals surface area contributed by atoms with Gasteiger partial charge >= 0.3 is 0 Å². The first-order valence-electron chi connectivity index (χ1n) is 6.37. The topological polar surface area (TPSA) is 59.5 Å². The van der Waals surface area contributed by atoms with Crippen LogP contribution in [-0.4, -0.2) is 26.1 Å². The Morgan fingerprint density at radius 2 is 2.19 bits per heavy atom. The van der Waals surface area contributed by atoms with Crippen LogP contribution in [0.1, 0.15) is 6.92 Å². The molecule has 2 aromatic rings. The monoisotopic (exact) mass is 324 g/mol. The van der Waals surface area contributed by atoms with Gasteiger partial charge in [-0.05, 0) is 37.3 Å². The molecule has 0 spiro atoms. The largest absolute Gasteiger partial charge is 0.487 e. The van der Waals surface area contributed by atoms with Crippen LogP contribution in [0.4, 0.5) is 5.69 Å². The first-order valence-corrected chi connectivity index (χ1v) is 8.19. The molecular weight excluding hydrogens is 312 g/mol. The highest BCUT2D eigenvalue weighted by Gasteiger charge is 2.33. The molecule has 3 rings (SSSR count). The number of anilines is 1. The molecule has 1 aromatic heterocycles. The van der Waals surface area contributed by atoms with Crippen molar-refractivity contribution in [2.45, 2.75) is 17.9 Å². The Balaban J connectivity index is 2.13. The highest BCUT2D eigenvalue weighted by Crippen LogP contribution is 2.38. The molecule has 0 bridgehead atoms. The molecule has 0 aliphatic carbocycles. The van der Waals surface area contributed by atoms with Gasteiger partial charge in [-0.1, -0.05) is 11.6 Å². The van der Waals surface area contributed by atoms with Gasteiger partial charge in [-0.3, -0.25) is 9.29 Å². The maximum Gasteiger partial charge on any atom is 0.266 e. The Kier molecular flexibility index (Phi) is 3.51. The molecule has 110 valence electrons. The minimum Gasteiger partial charge on any atom is -0.487 e. The van der Waals surface area contributed by atoms with E-state index in [0.717, 1.165) is 0 Å². The average molecular weight is 325 g/mol. The van der Waals surface area contributed by atoms with Crippen molar-refractivity contribution in [2.75, 3.05) is 10.8 Å². The van der Waals surface area contributed by atoms with E-state index in [1.54, 1.807) is 24.3 Å². The standard InChI is InChI=1S/C14H13ClN2O3S/c1-10-9-17(13-7-11(15)4-5-14(13)20-10)21(18,19)12-3-2-6-16-8-12/h2-8,10H,9H2,1H3. The Hall–Kier alpha value is -1.79. The third-order valence-electron chi connectivity index (χ3n) is 3.16. The van der Waals surface area contributed by atoms with Crippen molar-refractivity contribution in [3.63, 3.8) is 0 Å². The number of rotatable bonds is 2. The highest BCUT2D eigenvalue weighted by molar-refractivity contribution is 7.92. The minimum atomic E-state index is -3.69. The second kappa shape index (κ2) is 5.20. The molecule has 0 saturated carbocycles. The van der Waals surface area contributed by atoms with Gasteiger partial charge < -0.3 is 4.74 Å². The summed E-state index contributed by atoms with van der Waals surface area (Å²) in [6, 6.07) is 8.06. The van der Waals surface area contributed by atoms with Gasteiger partial charge in [-0.15, -0.1) is 0 Å². The van der Waals surface area contributed by atoms with Crippen LogP contribution in [0, 0.1) is 0 Å². The Labute approximate surface area is 128 Å². The predicted molar refractivity (Wildman–Crippen MR) is 80.3 cm³/mol. The fourth-order valence-corrected chi connectivity index (χ4v) is 3.90. The Bertz CT molecular complexity index is 765. The second-order valence-electron chi connectivity index (χ2n) is 4.77. The zero-order valence-electron chi connectivity index (χ0n) is 11.2. The van der Waals surface area contributed by atoms with Gasteiger partial charge in [0.2, 0.25) is 0 Å². The van der Waals surface area contributed by atoms with E-state index in [1.165, 1.54) is 22.8 Å². The van der Waals surface area contributed by atoms with Crippen molar-refractivity contribution in [1.29, 1.82) is 0 Å². The molecule has 5 nitrogen and oxygen atoms in total. The molecule has 0 N–H and O–H groups in total. The molecular formula is C14H13ClN2O3S. The zero-order chi connectivity index (χ0) is 15.0. The number of pyridine rings is 1. The van der Waals surface area contributed by atoms with Gasteiger partial charge in [0.1, 0.15) is 16.7 Å². The number of sulfonamides is 1. The van der Waals surface area contributed by atoms with Crippen LogP contribution in [0.5, 0.6) is 5.75 Å². The smallest absolute Gasteiger partial charge is 0.266 e. The van der Waals surface area contributed by atoms with Gasteiger partial charge in [-0.25, -0.2) is 8.42 Å². The second-order valence-corrected chi connectivity index (χ2v) is 7.06. The molecule has 1 atom stereocenters. The maximum atomic E-state index is 12.8. The van der Waals surface area contributed by atoms with E-state index in [4.69, 9.17) is 16.3 Å². The molecule has 0 amide bonds. The van der Waals surface area contributed by atoms with Crippen molar-refractivity contribution >= 4 is 27.3 Å². The predicted octanol–water partition coefficient (Wildman–Crippen LogP) is 2.71. The highest BCUT2D eigenvalue weighted by atomic mass is 35.5. The van der Waals surface area contributed by atoms with Crippen LogP contribution in [0.15, 0.2) is 47.6 Å². The number of benzene rings is 1. The lowest BCUT2D eigenvalue weighted by Crippen LogP contribution is -2.42. The molecule has 7 heteroatoms. The van der Waals surface area contributed by atoms with E-state index in [-0.39, 0.29) is 17.5 Å². The average Bonchev–Trinajstić information content (AvgIpc) is 2.48. The normalized spacial score (nSPS) is 18.0. The van der Waals surface area contributed by atoms with Crippen LogP contribution < -0.4 is 9.04 Å². The van der Waals surface area contributed by atoms with Gasteiger partial charge in [0.15, 0.2) is 0 Å². The number of aromatic nitrogens is 1. The van der Waals surface area contributed by atoms with Crippen molar-refractivity contribution in [1.82, 2.24) is 4.98 Å². The molecule has 1 aromatic carbocycles. The van der Waals surface area contributed by atoms with Crippen LogP contribution in [0.3, 0.4) is 0 Å². The summed E-state index contributed by atoms with van der Waals surface area (Å²) in [4.78, 5) is 4.02. The van der Waals surface area contributed by atoms with Gasteiger partial charge in [0.25, 0.3) is 10.0 Å². The molecule has 21 heavy (non-hydrogen) atoms. The van der Waals surface area contributed by atoms with Crippen molar-refractivity contribution in [2.24, 2.45) is 0 Å². The third-order valence-corrected chi connectivity index (χ3v) is 5.16. The molecule has 0 radical (unpaired) electrons. The quantitative estimate of drug-likeness (QED) is 0.852. The summed E-state index contributed by atoms with van der Waals surface area (Å²) in [6.07, 6.45) is 2.62. The Morgan fingerprint density at radius 3 is 2.90 bits per heavy atom. The number of nitrogens with zero attached hydrogens (tertiary/aromatic N) is 2. The minimum absolute atomic E-state index is 0.144. The number of hydrogen-bond acceptors (Lipinski definition) is 4. The fraction of sp³-hybridized carbons (Fsp3) is 0.214. The first-order chi connectivity index (χ1) is 9.98. The lowest BCUT2D eigenvalue weighted by molar-refractivity contribution is 0.219. The van der Waals surface area contributed by atoms with Crippen LogP contribution in [-0.2, 0) is 10.0 Å². The summed E-state index contributed by atoms with van der Waals surface area (Å²) in [5.74, 6) is 0.505. The molecule has 1 aliphatic rings. The third kappa shape index (κ3) is 2.56. The summed E-state index contributed by atoms with van der Waals surface area (Å²) in [5.41, 5.74) is 0.449. The van der Waals surface area contributed by atoms with E-state index in [1.807, 2.05) is 6.92 Å². The summed E-state index contributed by atoms with van der Waals surface area (Å²) < 4.78 is 32.6. The van der Waals surface area contributed by atoms with E-state index >= 15 is 0 Å². The molecule has 0 saturated heterocycles. The SMILES string of the molecule is CC1CN(S(=O)(=O)c2cccnc2)c2cc(Cl)ccc2O1. The molecule has 2 heterocycles. The molecule has 1 aliphatic heterocycles. The maximum absolute atomic E-state index is 12.8. The van der Waals surface area contributed by atoms with Crippen LogP contribution in [0.25, 0.3) is 0 Å². The summed E-state index contributed by atoms with van der Waals surface area (Å²) in [7, 11) is -3.69. The summed E-state index contributed by atoms with van der Waals surface area (Å²) >= 11 is 5.99. The number of hydrogen-bond donors (Lipinski definition) is 0. The van der Waals surface area contributed by atoms with Gasteiger partial charge in [0.05, 0.1) is 12.2 Å². The Morgan fingerprint density at radius 1 is 1.38 bits per heavy atom. The number of fused-ring (bicyclic) bond motifs is 1. The van der Waals surface area contributed by atoms with Crippen molar-refractivity contribution in [3.05, 3.63) is 47.7 Å². The summed E-state index contributed by atoms with van der Waals surface area (Å²) in [5, 5.41) is 0.457. The van der Waals surface area contributed by atoms with E-state index in [0.29, 0.717) is 16.5 Å². The van der Waals surface area contributed by atoms with Gasteiger partial charge in [0, 0.05) is 17.4 Å². The fourth-order valence-electron chi connectivity index (χ4n) is 2.23.